The van der Waals surface area contributed by atoms with Crippen molar-refractivity contribution in [1.82, 2.24) is 15.0 Å². The number of hydrogen-bond acceptors (Lipinski definition) is 3. The van der Waals surface area contributed by atoms with Crippen LogP contribution in [-0.4, -0.2) is 15.0 Å². The summed E-state index contributed by atoms with van der Waals surface area (Å²) in [5, 5.41) is 2.39. The van der Waals surface area contributed by atoms with Crippen LogP contribution in [0.2, 0.25) is 0 Å². The summed E-state index contributed by atoms with van der Waals surface area (Å²) in [7, 11) is 0. The van der Waals surface area contributed by atoms with Gasteiger partial charge < -0.3 is 0 Å². The van der Waals surface area contributed by atoms with Crippen LogP contribution in [0.3, 0.4) is 0 Å². The SMILES string of the molecule is [C-]#[N+]c1cccc2c1-c1ccc(-c3ccc(-c4ccc(-c5nc(-c6ccccc6)nc(-c6ccccc6)n5)cc4)c4ccccc34)cc1C2(C)C. The van der Waals surface area contributed by atoms with Crippen molar-refractivity contribution < 1.29 is 0 Å². The van der Waals surface area contributed by atoms with Crippen molar-refractivity contribution in [2.75, 3.05) is 0 Å². The van der Waals surface area contributed by atoms with Crippen LogP contribution in [0.5, 0.6) is 0 Å². The summed E-state index contributed by atoms with van der Waals surface area (Å²) >= 11 is 0. The summed E-state index contributed by atoms with van der Waals surface area (Å²) in [6.07, 6.45) is 0. The molecule has 1 aliphatic carbocycles. The Hall–Kier alpha value is -6.70. The van der Waals surface area contributed by atoms with Crippen LogP contribution in [0.15, 0.2) is 158 Å². The average Bonchev–Trinajstić information content (AvgIpc) is 3.43. The molecule has 0 saturated carbocycles. The molecule has 0 N–H and O–H groups in total. The fraction of sp³-hybridized carbons (Fsp3) is 0.0638. The quantitative estimate of drug-likeness (QED) is 0.174. The molecule has 8 aromatic rings. The number of fused-ring (bicyclic) bond motifs is 4. The number of nitrogens with zero attached hydrogens (tertiary/aromatic N) is 4. The molecule has 0 aliphatic heterocycles. The lowest BCUT2D eigenvalue weighted by molar-refractivity contribution is 0.661. The minimum Gasteiger partial charge on any atom is -0.238 e. The van der Waals surface area contributed by atoms with Gasteiger partial charge in [-0.3, -0.25) is 0 Å². The van der Waals surface area contributed by atoms with Gasteiger partial charge in [0.15, 0.2) is 23.2 Å². The Morgan fingerprint density at radius 3 is 1.47 bits per heavy atom. The highest BCUT2D eigenvalue weighted by Gasteiger charge is 2.36. The lowest BCUT2D eigenvalue weighted by Crippen LogP contribution is -2.14. The van der Waals surface area contributed by atoms with Crippen molar-refractivity contribution in [3.63, 3.8) is 0 Å². The third-order valence-electron chi connectivity index (χ3n) is 10.2. The molecule has 9 rings (SSSR count). The topological polar surface area (TPSA) is 43.0 Å². The first-order chi connectivity index (χ1) is 25.0. The Kier molecular flexibility index (Phi) is 7.15. The normalized spacial score (nSPS) is 12.6. The third kappa shape index (κ3) is 5.10. The lowest BCUT2D eigenvalue weighted by Gasteiger charge is -2.22. The van der Waals surface area contributed by atoms with Crippen molar-refractivity contribution >= 4 is 16.5 Å². The van der Waals surface area contributed by atoms with Gasteiger partial charge in [0.05, 0.1) is 6.57 Å². The molecule has 4 heteroatoms. The van der Waals surface area contributed by atoms with E-state index in [1.54, 1.807) is 0 Å². The maximum atomic E-state index is 7.79. The van der Waals surface area contributed by atoms with Crippen LogP contribution in [0.1, 0.15) is 25.0 Å². The smallest absolute Gasteiger partial charge is 0.195 e. The van der Waals surface area contributed by atoms with Crippen LogP contribution in [-0.2, 0) is 5.41 Å². The van der Waals surface area contributed by atoms with Gasteiger partial charge in [-0.05, 0) is 61.3 Å². The van der Waals surface area contributed by atoms with Crippen LogP contribution >= 0.6 is 0 Å². The van der Waals surface area contributed by atoms with Gasteiger partial charge in [-0.15, -0.1) is 0 Å². The van der Waals surface area contributed by atoms with Crippen LogP contribution in [0.25, 0.3) is 83.2 Å². The van der Waals surface area contributed by atoms with Gasteiger partial charge in [-0.1, -0.05) is 166 Å². The van der Waals surface area contributed by atoms with E-state index in [9.17, 15) is 0 Å². The zero-order valence-electron chi connectivity index (χ0n) is 28.3. The van der Waals surface area contributed by atoms with Gasteiger partial charge in [-0.2, -0.15) is 0 Å². The Morgan fingerprint density at radius 1 is 0.431 bits per heavy atom. The zero-order valence-corrected chi connectivity index (χ0v) is 28.3. The molecule has 0 atom stereocenters. The lowest BCUT2D eigenvalue weighted by atomic mass is 9.81. The summed E-state index contributed by atoms with van der Waals surface area (Å²) in [5.41, 5.74) is 12.7. The van der Waals surface area contributed by atoms with E-state index in [1.165, 1.54) is 38.6 Å². The highest BCUT2D eigenvalue weighted by atomic mass is 15.0. The molecule has 4 nitrogen and oxygen atoms in total. The fourth-order valence-electron chi connectivity index (χ4n) is 7.57. The zero-order chi connectivity index (χ0) is 34.5. The summed E-state index contributed by atoms with van der Waals surface area (Å²) in [6.45, 7) is 12.3. The predicted molar refractivity (Wildman–Crippen MR) is 208 cm³/mol. The van der Waals surface area contributed by atoms with Gasteiger partial charge >= 0.3 is 0 Å². The van der Waals surface area contributed by atoms with Gasteiger partial charge in [0.1, 0.15) is 0 Å². The third-order valence-corrected chi connectivity index (χ3v) is 10.2. The molecule has 0 spiro atoms. The summed E-state index contributed by atoms with van der Waals surface area (Å²) in [4.78, 5) is 18.5. The second kappa shape index (κ2) is 12.0. The van der Waals surface area contributed by atoms with Gasteiger partial charge in [0, 0.05) is 22.1 Å². The van der Waals surface area contributed by atoms with E-state index in [0.29, 0.717) is 17.5 Å². The largest absolute Gasteiger partial charge is 0.238 e. The summed E-state index contributed by atoms with van der Waals surface area (Å²) in [6, 6.07) is 54.6. The van der Waals surface area contributed by atoms with Gasteiger partial charge in [0.25, 0.3) is 0 Å². The van der Waals surface area contributed by atoms with Crippen molar-refractivity contribution in [1.29, 1.82) is 0 Å². The number of hydrogen-bond donors (Lipinski definition) is 0. The van der Waals surface area contributed by atoms with E-state index in [0.717, 1.165) is 39.1 Å². The van der Waals surface area contributed by atoms with E-state index in [4.69, 9.17) is 21.5 Å². The van der Waals surface area contributed by atoms with E-state index in [1.807, 2.05) is 72.8 Å². The second-order valence-electron chi connectivity index (χ2n) is 13.5. The maximum Gasteiger partial charge on any atom is 0.195 e. The molecular weight excluding hydrogens is 621 g/mol. The number of rotatable bonds is 5. The highest BCUT2D eigenvalue weighted by Crippen LogP contribution is 2.53. The maximum absolute atomic E-state index is 7.79. The van der Waals surface area contributed by atoms with Crippen LogP contribution in [0, 0.1) is 6.57 Å². The molecule has 7 aromatic carbocycles. The summed E-state index contributed by atoms with van der Waals surface area (Å²) < 4.78 is 0. The molecule has 1 aromatic heterocycles. The predicted octanol–water partition coefficient (Wildman–Crippen LogP) is 12.2. The van der Waals surface area contributed by atoms with Gasteiger partial charge in [0.2, 0.25) is 0 Å². The van der Waals surface area contributed by atoms with Gasteiger partial charge in [-0.25, -0.2) is 19.8 Å². The van der Waals surface area contributed by atoms with E-state index < -0.39 is 0 Å². The molecule has 0 saturated heterocycles. The number of benzene rings is 7. The molecule has 1 heterocycles. The molecule has 0 fully saturated rings. The minimum absolute atomic E-state index is 0.193. The van der Waals surface area contributed by atoms with E-state index in [-0.39, 0.29) is 5.41 Å². The average molecular weight is 653 g/mol. The van der Waals surface area contributed by atoms with Crippen LogP contribution in [0.4, 0.5) is 5.69 Å². The Morgan fingerprint density at radius 2 is 0.902 bits per heavy atom. The first-order valence-electron chi connectivity index (χ1n) is 17.2. The fourth-order valence-corrected chi connectivity index (χ4v) is 7.57. The van der Waals surface area contributed by atoms with Crippen LogP contribution < -0.4 is 0 Å². The Labute approximate surface area is 297 Å². The molecule has 0 amide bonds. The standard InChI is InChI=1S/C47H32N4/c1-47(2)40-19-12-20-42(48-3)43(40)39-26-25-34(29-41(39)47)36-28-27-35(37-17-10-11-18-38(36)37)30-21-23-33(24-22-30)46-50-44(31-13-6-4-7-14-31)49-45(51-46)32-15-8-5-9-16-32/h4-29H,1-2H3. The van der Waals surface area contributed by atoms with E-state index in [2.05, 4.69) is 104 Å². The van der Waals surface area contributed by atoms with Crippen molar-refractivity contribution in [2.45, 2.75) is 19.3 Å². The minimum atomic E-state index is -0.193. The molecule has 1 aliphatic rings. The molecule has 0 unspecified atom stereocenters. The Balaban J connectivity index is 1.11. The second-order valence-corrected chi connectivity index (χ2v) is 13.5. The van der Waals surface area contributed by atoms with Crippen molar-refractivity contribution in [3.8, 4) is 67.5 Å². The van der Waals surface area contributed by atoms with E-state index >= 15 is 0 Å². The number of aromatic nitrogens is 3. The monoisotopic (exact) mass is 652 g/mol. The molecule has 51 heavy (non-hydrogen) atoms. The Bertz CT molecular complexity index is 2600. The highest BCUT2D eigenvalue weighted by molar-refractivity contribution is 6.05. The first kappa shape index (κ1) is 30.4. The molecule has 0 bridgehead atoms. The van der Waals surface area contributed by atoms with Crippen molar-refractivity contribution in [3.05, 3.63) is 180 Å². The van der Waals surface area contributed by atoms with Crippen molar-refractivity contribution in [2.24, 2.45) is 0 Å². The molecular formula is C47H32N4. The summed E-state index contributed by atoms with van der Waals surface area (Å²) in [5.74, 6) is 1.94. The molecule has 240 valence electrons. The first-order valence-corrected chi connectivity index (χ1v) is 17.2. The molecule has 0 radical (unpaired) electrons.